The van der Waals surface area contributed by atoms with E-state index < -0.39 is 5.97 Å². The number of nitrogens with one attached hydrogen (secondary N) is 1. The zero-order valence-corrected chi connectivity index (χ0v) is 16.5. The predicted molar refractivity (Wildman–Crippen MR) is 113 cm³/mol. The first-order valence-corrected chi connectivity index (χ1v) is 9.53. The van der Waals surface area contributed by atoms with Gasteiger partial charge in [-0.1, -0.05) is 6.07 Å². The zero-order valence-electron chi connectivity index (χ0n) is 15.7. The number of nitrogens with zero attached hydrogens (tertiary/aromatic N) is 2. The van der Waals surface area contributed by atoms with E-state index in [4.69, 9.17) is 14.6 Å². The molecule has 0 aliphatic heterocycles. The fourth-order valence-electron chi connectivity index (χ4n) is 3.02. The first-order valence-electron chi connectivity index (χ1n) is 8.65. The Labute approximate surface area is 170 Å². The molecule has 0 aliphatic carbocycles. The fraction of sp³-hybridized carbons (Fsp3) is 0.0952. The number of anilines is 2. The number of benzene rings is 2. The van der Waals surface area contributed by atoms with Crippen molar-refractivity contribution in [2.45, 2.75) is 0 Å². The summed E-state index contributed by atoms with van der Waals surface area (Å²) in [5, 5.41) is 15.2. The van der Waals surface area contributed by atoms with Crippen LogP contribution < -0.4 is 14.8 Å². The van der Waals surface area contributed by atoms with Gasteiger partial charge in [0.25, 0.3) is 0 Å². The van der Waals surface area contributed by atoms with Crippen LogP contribution in [0.5, 0.6) is 11.5 Å². The molecule has 4 rings (SSSR count). The van der Waals surface area contributed by atoms with Crippen LogP contribution in [0.25, 0.3) is 21.3 Å². The number of fused-ring (bicyclic) bond motifs is 1. The van der Waals surface area contributed by atoms with E-state index in [0.717, 1.165) is 27.0 Å². The van der Waals surface area contributed by atoms with E-state index >= 15 is 0 Å². The van der Waals surface area contributed by atoms with Gasteiger partial charge >= 0.3 is 5.97 Å². The number of carbonyl (C=O) groups is 1. The monoisotopic (exact) mass is 407 g/mol. The topological polar surface area (TPSA) is 93.6 Å². The Hall–Kier alpha value is -3.65. The summed E-state index contributed by atoms with van der Waals surface area (Å²) in [6.45, 7) is 0. The minimum atomic E-state index is -0.963. The second kappa shape index (κ2) is 7.76. The van der Waals surface area contributed by atoms with Crippen LogP contribution in [-0.4, -0.2) is 35.3 Å². The van der Waals surface area contributed by atoms with Gasteiger partial charge < -0.3 is 19.9 Å². The molecule has 7 nitrogen and oxygen atoms in total. The summed E-state index contributed by atoms with van der Waals surface area (Å²) in [7, 11) is 3.20. The highest BCUT2D eigenvalue weighted by atomic mass is 32.1. The molecule has 0 unspecified atom stereocenters. The van der Waals surface area contributed by atoms with E-state index in [-0.39, 0.29) is 5.56 Å². The Balaban J connectivity index is 1.77. The highest BCUT2D eigenvalue weighted by molar-refractivity contribution is 7.17. The highest BCUT2D eigenvalue weighted by Crippen LogP contribution is 2.40. The largest absolute Gasteiger partial charge is 0.493 e. The van der Waals surface area contributed by atoms with Crippen molar-refractivity contribution < 1.29 is 19.4 Å². The minimum absolute atomic E-state index is 0.227. The Morgan fingerprint density at radius 1 is 1.03 bits per heavy atom. The third-order valence-electron chi connectivity index (χ3n) is 4.46. The van der Waals surface area contributed by atoms with E-state index in [9.17, 15) is 4.79 Å². The fourth-order valence-corrected chi connectivity index (χ4v) is 3.93. The lowest BCUT2D eigenvalue weighted by Gasteiger charge is -2.11. The molecule has 0 atom stereocenters. The molecule has 8 heteroatoms. The maximum absolute atomic E-state index is 11.1. The van der Waals surface area contributed by atoms with Crippen LogP contribution in [0.2, 0.25) is 0 Å². The molecule has 0 radical (unpaired) electrons. The standard InChI is InChI=1S/C21H17N3O4S/c1-27-16-8-5-13(9-17(16)28-2)15-10-29-20-18(15)19(22-11-23-20)24-14-6-3-12(4-7-14)21(25)26/h3-11H,1-2H3,(H,25,26)(H,22,23,24). The zero-order chi connectivity index (χ0) is 20.4. The van der Waals surface area contributed by atoms with Crippen molar-refractivity contribution >= 4 is 39.0 Å². The molecule has 4 aromatic rings. The number of hydrogen-bond acceptors (Lipinski definition) is 7. The van der Waals surface area contributed by atoms with Crippen LogP contribution in [0.1, 0.15) is 10.4 Å². The quantitative estimate of drug-likeness (QED) is 0.473. The van der Waals surface area contributed by atoms with Crippen molar-refractivity contribution in [3.63, 3.8) is 0 Å². The Bertz CT molecular complexity index is 1190. The number of carboxylic acids is 1. The van der Waals surface area contributed by atoms with Gasteiger partial charge in [0.2, 0.25) is 0 Å². The van der Waals surface area contributed by atoms with Gasteiger partial charge in [0, 0.05) is 16.6 Å². The molecule has 2 N–H and O–H groups in total. The van der Waals surface area contributed by atoms with Crippen LogP contribution in [0.4, 0.5) is 11.5 Å². The molecular weight excluding hydrogens is 390 g/mol. The number of aromatic carboxylic acids is 1. The molecule has 2 aromatic heterocycles. The van der Waals surface area contributed by atoms with Gasteiger partial charge in [-0.05, 0) is 42.0 Å². The number of carboxylic acid groups (broad SMARTS) is 1. The number of rotatable bonds is 6. The van der Waals surface area contributed by atoms with Crippen molar-refractivity contribution in [3.05, 3.63) is 59.7 Å². The molecule has 0 fully saturated rings. The normalized spacial score (nSPS) is 10.7. The third-order valence-corrected chi connectivity index (χ3v) is 5.35. The van der Waals surface area contributed by atoms with Gasteiger partial charge in [0.1, 0.15) is 17.0 Å². The Morgan fingerprint density at radius 2 is 1.79 bits per heavy atom. The van der Waals surface area contributed by atoms with Crippen molar-refractivity contribution in [3.8, 4) is 22.6 Å². The summed E-state index contributed by atoms with van der Waals surface area (Å²) in [5.41, 5.74) is 2.88. The Kier molecular flexibility index (Phi) is 5.01. The van der Waals surface area contributed by atoms with E-state index in [0.29, 0.717) is 17.3 Å². The summed E-state index contributed by atoms with van der Waals surface area (Å²) in [4.78, 5) is 20.7. The number of aromatic nitrogens is 2. The molecule has 0 aliphatic rings. The lowest BCUT2D eigenvalue weighted by molar-refractivity contribution is 0.0697. The summed E-state index contributed by atoms with van der Waals surface area (Å²) < 4.78 is 10.8. The van der Waals surface area contributed by atoms with Gasteiger partial charge in [-0.3, -0.25) is 0 Å². The second-order valence-corrected chi connectivity index (χ2v) is 6.99. The summed E-state index contributed by atoms with van der Waals surface area (Å²) in [6, 6.07) is 12.2. The van der Waals surface area contributed by atoms with Crippen LogP contribution in [0.3, 0.4) is 0 Å². The molecule has 0 saturated heterocycles. The number of methoxy groups -OCH3 is 2. The molecule has 0 bridgehead atoms. The number of hydrogen-bond donors (Lipinski definition) is 2. The SMILES string of the molecule is COc1ccc(-c2csc3ncnc(Nc4ccc(C(=O)O)cc4)c23)cc1OC. The van der Waals surface area contributed by atoms with E-state index in [1.807, 2.05) is 23.6 Å². The lowest BCUT2D eigenvalue weighted by Crippen LogP contribution is -1.98. The van der Waals surface area contributed by atoms with Crippen LogP contribution in [-0.2, 0) is 0 Å². The average molecular weight is 407 g/mol. The molecule has 0 spiro atoms. The molecule has 2 heterocycles. The number of thiophene rings is 1. The Morgan fingerprint density at radius 3 is 2.48 bits per heavy atom. The first kappa shape index (κ1) is 18.7. The van der Waals surface area contributed by atoms with E-state index in [2.05, 4.69) is 15.3 Å². The van der Waals surface area contributed by atoms with Crippen LogP contribution >= 0.6 is 11.3 Å². The van der Waals surface area contributed by atoms with Crippen molar-refractivity contribution in [2.75, 3.05) is 19.5 Å². The van der Waals surface area contributed by atoms with Gasteiger partial charge in [-0.15, -0.1) is 11.3 Å². The van der Waals surface area contributed by atoms with Gasteiger partial charge in [0.15, 0.2) is 11.5 Å². The van der Waals surface area contributed by atoms with Crippen molar-refractivity contribution in [1.29, 1.82) is 0 Å². The average Bonchev–Trinajstić information content (AvgIpc) is 3.19. The number of ether oxygens (including phenoxy) is 2. The highest BCUT2D eigenvalue weighted by Gasteiger charge is 2.15. The van der Waals surface area contributed by atoms with Crippen LogP contribution in [0.15, 0.2) is 54.2 Å². The first-order chi connectivity index (χ1) is 14.1. The summed E-state index contributed by atoms with van der Waals surface area (Å²) in [5.74, 6) is 0.975. The lowest BCUT2D eigenvalue weighted by atomic mass is 10.1. The van der Waals surface area contributed by atoms with Crippen LogP contribution in [0, 0.1) is 0 Å². The van der Waals surface area contributed by atoms with Gasteiger partial charge in [-0.2, -0.15) is 0 Å². The molecule has 0 amide bonds. The van der Waals surface area contributed by atoms with E-state index in [1.165, 1.54) is 17.7 Å². The van der Waals surface area contributed by atoms with Crippen molar-refractivity contribution in [1.82, 2.24) is 9.97 Å². The molecule has 29 heavy (non-hydrogen) atoms. The maximum Gasteiger partial charge on any atom is 0.335 e. The molecular formula is C21H17N3O4S. The summed E-state index contributed by atoms with van der Waals surface area (Å²) in [6.07, 6.45) is 1.51. The predicted octanol–water partition coefficient (Wildman–Crippen LogP) is 4.82. The van der Waals surface area contributed by atoms with Crippen molar-refractivity contribution in [2.24, 2.45) is 0 Å². The molecule has 2 aromatic carbocycles. The van der Waals surface area contributed by atoms with E-state index in [1.54, 1.807) is 38.5 Å². The molecule has 0 saturated carbocycles. The van der Waals surface area contributed by atoms with Gasteiger partial charge in [0.05, 0.1) is 25.2 Å². The smallest absolute Gasteiger partial charge is 0.335 e. The molecule has 146 valence electrons. The summed E-state index contributed by atoms with van der Waals surface area (Å²) >= 11 is 1.52. The third kappa shape index (κ3) is 3.57. The minimum Gasteiger partial charge on any atom is -0.493 e. The van der Waals surface area contributed by atoms with Gasteiger partial charge in [-0.25, -0.2) is 14.8 Å². The second-order valence-electron chi connectivity index (χ2n) is 6.13. The maximum atomic E-state index is 11.1.